The molecule has 1 atom stereocenters. The smallest absolute Gasteiger partial charge is 0.220 e. The number of likely N-dealkylation sites (tertiary alicyclic amines) is 1. The molecule has 1 fully saturated rings. The van der Waals surface area contributed by atoms with Gasteiger partial charge < -0.3 is 5.32 Å². The number of carbonyl (C=O) groups is 1. The van der Waals surface area contributed by atoms with E-state index >= 15 is 0 Å². The number of piperidine rings is 1. The van der Waals surface area contributed by atoms with Gasteiger partial charge >= 0.3 is 0 Å². The van der Waals surface area contributed by atoms with Crippen molar-refractivity contribution in [3.05, 3.63) is 52.9 Å². The third-order valence-corrected chi connectivity index (χ3v) is 5.55. The Morgan fingerprint density at radius 1 is 1.30 bits per heavy atom. The molecule has 1 aliphatic heterocycles. The zero-order valence-electron chi connectivity index (χ0n) is 17.9. The van der Waals surface area contributed by atoms with Gasteiger partial charge in [0, 0.05) is 31.7 Å². The number of benzene rings is 1. The van der Waals surface area contributed by atoms with Gasteiger partial charge in [-0.2, -0.15) is 5.10 Å². The van der Waals surface area contributed by atoms with Crippen molar-refractivity contribution >= 4 is 5.91 Å². The van der Waals surface area contributed by atoms with E-state index in [1.165, 1.54) is 6.07 Å². The third-order valence-electron chi connectivity index (χ3n) is 5.55. The van der Waals surface area contributed by atoms with Gasteiger partial charge in [-0.25, -0.2) is 8.78 Å². The highest BCUT2D eigenvalue weighted by Gasteiger charge is 2.21. The number of H-pyrrole nitrogens is 1. The van der Waals surface area contributed by atoms with Gasteiger partial charge in [-0.05, 0) is 67.8 Å². The minimum atomic E-state index is -0.891. The zero-order valence-corrected chi connectivity index (χ0v) is 17.9. The standard InChI is InChI=1S/C23H32F2N4O/c1-16(2)10-19-12-20(28-27-19)15-29-9-3-4-17(14-29)6-8-23(30)26-13-18-5-7-21(24)22(25)11-18/h5,7,11-12,16-17H,3-4,6,8-10,13-15H2,1-2H3,(H,26,30)(H,27,28). The molecule has 0 spiro atoms. The van der Waals surface area contributed by atoms with Crippen LogP contribution >= 0.6 is 0 Å². The molecular formula is C23H32F2N4O. The summed E-state index contributed by atoms with van der Waals surface area (Å²) < 4.78 is 26.2. The fourth-order valence-electron chi connectivity index (χ4n) is 4.06. The first-order chi connectivity index (χ1) is 14.4. The van der Waals surface area contributed by atoms with Crippen LogP contribution in [0.2, 0.25) is 0 Å². The second kappa shape index (κ2) is 10.7. The van der Waals surface area contributed by atoms with E-state index in [1.54, 1.807) is 0 Å². The van der Waals surface area contributed by atoms with Crippen LogP contribution in [0.15, 0.2) is 24.3 Å². The summed E-state index contributed by atoms with van der Waals surface area (Å²) in [7, 11) is 0. The summed E-state index contributed by atoms with van der Waals surface area (Å²) in [5.41, 5.74) is 2.82. The summed E-state index contributed by atoms with van der Waals surface area (Å²) in [5.74, 6) is -0.737. The fourth-order valence-corrected chi connectivity index (χ4v) is 4.06. The summed E-state index contributed by atoms with van der Waals surface area (Å²) in [6, 6.07) is 5.85. The molecule has 2 N–H and O–H groups in total. The van der Waals surface area contributed by atoms with Crippen LogP contribution in [0.5, 0.6) is 0 Å². The lowest BCUT2D eigenvalue weighted by atomic mass is 9.93. The Morgan fingerprint density at radius 3 is 2.90 bits per heavy atom. The molecule has 5 nitrogen and oxygen atoms in total. The van der Waals surface area contributed by atoms with Gasteiger partial charge in [-0.3, -0.25) is 14.8 Å². The van der Waals surface area contributed by atoms with Gasteiger partial charge in [-0.1, -0.05) is 19.9 Å². The Balaban J connectivity index is 1.39. The van der Waals surface area contributed by atoms with Crippen LogP contribution in [0.1, 0.15) is 56.5 Å². The number of nitrogens with one attached hydrogen (secondary N) is 2. The van der Waals surface area contributed by atoms with Crippen LogP contribution < -0.4 is 5.32 Å². The minimum absolute atomic E-state index is 0.0521. The number of nitrogens with zero attached hydrogens (tertiary/aromatic N) is 2. The second-order valence-electron chi connectivity index (χ2n) is 8.79. The number of hydrogen-bond donors (Lipinski definition) is 2. The maximum absolute atomic E-state index is 13.2. The minimum Gasteiger partial charge on any atom is -0.352 e. The third kappa shape index (κ3) is 6.90. The van der Waals surface area contributed by atoms with Crippen LogP contribution in [0.25, 0.3) is 0 Å². The number of hydrogen-bond acceptors (Lipinski definition) is 3. The molecule has 2 heterocycles. The number of halogens is 2. The number of aromatic amines is 1. The van der Waals surface area contributed by atoms with Gasteiger partial charge in [0.15, 0.2) is 11.6 Å². The predicted octanol–water partition coefficient (Wildman–Crippen LogP) is 4.20. The van der Waals surface area contributed by atoms with Crippen LogP contribution in [0.4, 0.5) is 8.78 Å². The molecule has 0 aliphatic carbocycles. The molecule has 1 amide bonds. The van der Waals surface area contributed by atoms with Crippen molar-refractivity contribution < 1.29 is 13.6 Å². The summed E-state index contributed by atoms with van der Waals surface area (Å²) in [6.07, 6.45) is 4.54. The number of aromatic nitrogens is 2. The van der Waals surface area contributed by atoms with Crippen molar-refractivity contribution in [1.82, 2.24) is 20.4 Å². The highest BCUT2D eigenvalue weighted by atomic mass is 19.2. The van der Waals surface area contributed by atoms with Crippen LogP contribution in [-0.4, -0.2) is 34.1 Å². The van der Waals surface area contributed by atoms with Crippen molar-refractivity contribution in [3.8, 4) is 0 Å². The topological polar surface area (TPSA) is 61.0 Å². The van der Waals surface area contributed by atoms with Gasteiger partial charge in [0.05, 0.1) is 5.69 Å². The fraction of sp³-hybridized carbons (Fsp3) is 0.565. The molecule has 0 bridgehead atoms. The van der Waals surface area contributed by atoms with Crippen molar-refractivity contribution in [3.63, 3.8) is 0 Å². The predicted molar refractivity (Wildman–Crippen MR) is 113 cm³/mol. The molecule has 1 aromatic heterocycles. The average Bonchev–Trinajstić information content (AvgIpc) is 3.13. The monoisotopic (exact) mass is 418 g/mol. The maximum Gasteiger partial charge on any atom is 0.220 e. The van der Waals surface area contributed by atoms with Gasteiger partial charge in [0.25, 0.3) is 0 Å². The SMILES string of the molecule is CC(C)Cc1cc(CN2CCCC(CCC(=O)NCc3ccc(F)c(F)c3)C2)[nH]n1. The molecular weight excluding hydrogens is 386 g/mol. The van der Waals surface area contributed by atoms with E-state index in [1.807, 2.05) is 0 Å². The molecule has 1 unspecified atom stereocenters. The molecule has 1 aromatic carbocycles. The van der Waals surface area contributed by atoms with Gasteiger partial charge in [-0.15, -0.1) is 0 Å². The van der Waals surface area contributed by atoms with Gasteiger partial charge in [0.1, 0.15) is 0 Å². The van der Waals surface area contributed by atoms with E-state index in [-0.39, 0.29) is 12.5 Å². The lowest BCUT2D eigenvalue weighted by Gasteiger charge is -2.32. The summed E-state index contributed by atoms with van der Waals surface area (Å²) in [4.78, 5) is 14.6. The molecule has 164 valence electrons. The molecule has 0 radical (unpaired) electrons. The average molecular weight is 419 g/mol. The zero-order chi connectivity index (χ0) is 21.5. The second-order valence-corrected chi connectivity index (χ2v) is 8.79. The molecule has 0 saturated carbocycles. The lowest BCUT2D eigenvalue weighted by Crippen LogP contribution is -2.35. The molecule has 3 rings (SSSR count). The molecule has 2 aromatic rings. The summed E-state index contributed by atoms with van der Waals surface area (Å²) in [5, 5.41) is 10.4. The maximum atomic E-state index is 13.2. The number of amides is 1. The largest absolute Gasteiger partial charge is 0.352 e. The van der Waals surface area contributed by atoms with Crippen LogP contribution in [0.3, 0.4) is 0 Å². The molecule has 1 aliphatic rings. The number of carbonyl (C=O) groups excluding carboxylic acids is 1. The Hall–Kier alpha value is -2.28. The van der Waals surface area contributed by atoms with Crippen LogP contribution in [-0.2, 0) is 24.3 Å². The van der Waals surface area contributed by atoms with Crippen molar-refractivity contribution in [1.29, 1.82) is 0 Å². The summed E-state index contributed by atoms with van der Waals surface area (Å²) >= 11 is 0. The Morgan fingerprint density at radius 2 is 2.13 bits per heavy atom. The molecule has 7 heteroatoms. The van der Waals surface area contributed by atoms with E-state index in [9.17, 15) is 13.6 Å². The highest BCUT2D eigenvalue weighted by Crippen LogP contribution is 2.22. The quantitative estimate of drug-likeness (QED) is 0.642. The van der Waals surface area contributed by atoms with E-state index in [2.05, 4.69) is 40.3 Å². The van der Waals surface area contributed by atoms with Gasteiger partial charge in [0.2, 0.25) is 5.91 Å². The van der Waals surface area contributed by atoms with Crippen molar-refractivity contribution in [2.24, 2.45) is 11.8 Å². The molecule has 1 saturated heterocycles. The Labute approximate surface area is 177 Å². The number of rotatable bonds is 9. The van der Waals surface area contributed by atoms with Crippen LogP contribution in [0, 0.1) is 23.5 Å². The molecule has 30 heavy (non-hydrogen) atoms. The van der Waals surface area contributed by atoms with E-state index < -0.39 is 11.6 Å². The van der Waals surface area contributed by atoms with Crippen molar-refractivity contribution in [2.75, 3.05) is 13.1 Å². The Bertz CT molecular complexity index is 836. The van der Waals surface area contributed by atoms with E-state index in [4.69, 9.17) is 0 Å². The van der Waals surface area contributed by atoms with E-state index in [0.29, 0.717) is 23.8 Å². The lowest BCUT2D eigenvalue weighted by molar-refractivity contribution is -0.121. The first-order valence-corrected chi connectivity index (χ1v) is 10.8. The Kier molecular flexibility index (Phi) is 7.96. The van der Waals surface area contributed by atoms with E-state index in [0.717, 1.165) is 68.8 Å². The highest BCUT2D eigenvalue weighted by molar-refractivity contribution is 5.75. The van der Waals surface area contributed by atoms with Crippen molar-refractivity contribution in [2.45, 2.75) is 59.0 Å². The normalized spacial score (nSPS) is 17.4. The first-order valence-electron chi connectivity index (χ1n) is 10.8. The first kappa shape index (κ1) is 22.4. The summed E-state index contributed by atoms with van der Waals surface area (Å²) in [6.45, 7) is 7.51.